The van der Waals surface area contributed by atoms with Crippen LogP contribution in [0, 0.1) is 42.2 Å². The molecule has 0 fully saturated rings. The molecule has 0 aliphatic heterocycles. The number of hydrogen-bond donors (Lipinski definition) is 0. The smallest absolute Gasteiger partial charge is 0.140 e. The predicted octanol–water partition coefficient (Wildman–Crippen LogP) is 7.59. The molecule has 0 spiro atoms. The minimum Gasteiger partial charge on any atom is -0.206 e. The highest BCUT2D eigenvalue weighted by Gasteiger charge is 2.07. The first kappa shape index (κ1) is 23.3. The van der Waals surface area contributed by atoms with E-state index in [0.29, 0.717) is 0 Å². The van der Waals surface area contributed by atoms with Crippen LogP contribution in [0.5, 0.6) is 0 Å². The summed E-state index contributed by atoms with van der Waals surface area (Å²) in [5.41, 5.74) is 3.99. The Morgan fingerprint density at radius 1 is 0.625 bits per heavy atom. The highest BCUT2D eigenvalue weighted by molar-refractivity contribution is 5.49. The van der Waals surface area contributed by atoms with Gasteiger partial charge in [0.25, 0.3) is 0 Å². The van der Waals surface area contributed by atoms with Gasteiger partial charge < -0.3 is 0 Å². The Kier molecular flexibility index (Phi) is 8.65. The van der Waals surface area contributed by atoms with E-state index < -0.39 is 11.6 Å². The maximum absolute atomic E-state index is 14.5. The van der Waals surface area contributed by atoms with Crippen molar-refractivity contribution < 1.29 is 8.78 Å². The van der Waals surface area contributed by atoms with Gasteiger partial charge in [-0.1, -0.05) is 86.1 Å². The van der Waals surface area contributed by atoms with Gasteiger partial charge in [-0.2, -0.15) is 0 Å². The summed E-state index contributed by atoms with van der Waals surface area (Å²) >= 11 is 0. The second-order valence-electron chi connectivity index (χ2n) is 8.04. The van der Waals surface area contributed by atoms with Crippen molar-refractivity contribution in [2.24, 2.45) is 0 Å². The van der Waals surface area contributed by atoms with Crippen LogP contribution in [-0.2, 0) is 6.42 Å². The average molecular weight is 427 g/mol. The Morgan fingerprint density at radius 3 is 1.66 bits per heavy atom. The van der Waals surface area contributed by atoms with Gasteiger partial charge in [-0.25, -0.2) is 8.78 Å². The zero-order chi connectivity index (χ0) is 22.8. The number of unbranched alkanes of at least 4 members (excludes halogenated alkanes) is 4. The van der Waals surface area contributed by atoms with E-state index in [2.05, 4.69) is 42.7 Å². The van der Waals surface area contributed by atoms with Crippen molar-refractivity contribution in [3.8, 4) is 23.7 Å². The van der Waals surface area contributed by atoms with E-state index in [1.807, 2.05) is 43.3 Å². The van der Waals surface area contributed by atoms with Gasteiger partial charge in [0.05, 0.1) is 11.1 Å². The van der Waals surface area contributed by atoms with Crippen LogP contribution in [0.25, 0.3) is 0 Å². The molecule has 0 saturated carbocycles. The molecule has 0 bridgehead atoms. The van der Waals surface area contributed by atoms with Gasteiger partial charge in [0.1, 0.15) is 11.6 Å². The first-order valence-electron chi connectivity index (χ1n) is 11.2. The molecule has 0 aromatic heterocycles. The molecule has 0 N–H and O–H groups in total. The lowest BCUT2D eigenvalue weighted by Gasteiger charge is -2.02. The van der Waals surface area contributed by atoms with Gasteiger partial charge in [0.15, 0.2) is 0 Å². The first-order valence-corrected chi connectivity index (χ1v) is 11.2. The van der Waals surface area contributed by atoms with E-state index in [1.165, 1.54) is 37.7 Å². The summed E-state index contributed by atoms with van der Waals surface area (Å²) in [6.45, 7) is 4.20. The second kappa shape index (κ2) is 11.9. The summed E-state index contributed by atoms with van der Waals surface area (Å²) in [4.78, 5) is 0. The van der Waals surface area contributed by atoms with Gasteiger partial charge in [-0.15, -0.1) is 0 Å². The molecule has 3 rings (SSSR count). The molecular formula is C30H28F2. The van der Waals surface area contributed by atoms with Gasteiger partial charge in [0, 0.05) is 11.1 Å². The molecule has 0 aliphatic rings. The van der Waals surface area contributed by atoms with E-state index in [1.54, 1.807) is 0 Å². The largest absolute Gasteiger partial charge is 0.206 e. The van der Waals surface area contributed by atoms with Crippen molar-refractivity contribution >= 4 is 0 Å². The van der Waals surface area contributed by atoms with Crippen LogP contribution in [-0.4, -0.2) is 0 Å². The normalized spacial score (nSPS) is 10.1. The highest BCUT2D eigenvalue weighted by atomic mass is 19.1. The zero-order valence-corrected chi connectivity index (χ0v) is 18.8. The fraction of sp³-hybridized carbons (Fsp3) is 0.267. The zero-order valence-electron chi connectivity index (χ0n) is 18.8. The molecule has 0 heterocycles. The van der Waals surface area contributed by atoms with Crippen molar-refractivity contribution in [3.05, 3.63) is 106 Å². The first-order chi connectivity index (χ1) is 15.5. The number of hydrogen-bond acceptors (Lipinski definition) is 0. The van der Waals surface area contributed by atoms with Crippen molar-refractivity contribution in [1.82, 2.24) is 0 Å². The van der Waals surface area contributed by atoms with Crippen LogP contribution in [0.2, 0.25) is 0 Å². The SMILES string of the molecule is CCCCCCCc1ccc(C#Cc2cc(F)c(C#Cc3ccc(C)cc3)cc2F)cc1. The summed E-state index contributed by atoms with van der Waals surface area (Å²) in [6.07, 6.45) is 7.34. The third-order valence-corrected chi connectivity index (χ3v) is 5.31. The summed E-state index contributed by atoms with van der Waals surface area (Å²) in [5.74, 6) is 10.1. The van der Waals surface area contributed by atoms with Gasteiger partial charge in [-0.3, -0.25) is 0 Å². The van der Waals surface area contributed by atoms with Crippen molar-refractivity contribution in [2.45, 2.75) is 52.4 Å². The topological polar surface area (TPSA) is 0 Å². The molecule has 0 amide bonds. The molecular weight excluding hydrogens is 398 g/mol. The average Bonchev–Trinajstić information content (AvgIpc) is 2.80. The summed E-state index contributed by atoms with van der Waals surface area (Å²) in [6, 6.07) is 17.8. The van der Waals surface area contributed by atoms with Crippen molar-refractivity contribution in [3.63, 3.8) is 0 Å². The molecule has 32 heavy (non-hydrogen) atoms. The Morgan fingerprint density at radius 2 is 1.12 bits per heavy atom. The standard InChI is InChI=1S/C30H28F2/c1-3-4-5-6-7-8-24-13-15-26(16-14-24)18-20-28-22-29(31)27(21-30(28)32)19-17-25-11-9-23(2)10-12-25/h9-16,21-22H,3-8H2,1-2H3. The number of aryl methyl sites for hydroxylation is 2. The quantitative estimate of drug-likeness (QED) is 0.281. The minimum atomic E-state index is -0.575. The number of rotatable bonds is 6. The number of benzene rings is 3. The summed E-state index contributed by atoms with van der Waals surface area (Å²) in [5, 5.41) is 0. The Labute approximate surface area is 190 Å². The summed E-state index contributed by atoms with van der Waals surface area (Å²) in [7, 11) is 0. The predicted molar refractivity (Wildman–Crippen MR) is 128 cm³/mol. The fourth-order valence-corrected chi connectivity index (χ4v) is 3.34. The molecule has 0 saturated heterocycles. The van der Waals surface area contributed by atoms with Crippen LogP contribution in [0.3, 0.4) is 0 Å². The molecule has 3 aromatic rings. The molecule has 2 heteroatoms. The Bertz CT molecular complexity index is 1150. The highest BCUT2D eigenvalue weighted by Crippen LogP contribution is 2.15. The molecule has 0 radical (unpaired) electrons. The Balaban J connectivity index is 1.66. The monoisotopic (exact) mass is 426 g/mol. The third-order valence-electron chi connectivity index (χ3n) is 5.31. The maximum Gasteiger partial charge on any atom is 0.140 e. The molecule has 0 unspecified atom stereocenters. The van der Waals surface area contributed by atoms with Crippen LogP contribution in [0.4, 0.5) is 8.78 Å². The van der Waals surface area contributed by atoms with Crippen LogP contribution < -0.4 is 0 Å². The van der Waals surface area contributed by atoms with Gasteiger partial charge in [-0.05, 0) is 61.7 Å². The van der Waals surface area contributed by atoms with Gasteiger partial charge >= 0.3 is 0 Å². The minimum absolute atomic E-state index is 0.0249. The second-order valence-corrected chi connectivity index (χ2v) is 8.04. The molecule has 0 nitrogen and oxygen atoms in total. The van der Waals surface area contributed by atoms with Crippen LogP contribution in [0.15, 0.2) is 60.7 Å². The van der Waals surface area contributed by atoms with Gasteiger partial charge in [0.2, 0.25) is 0 Å². The van der Waals surface area contributed by atoms with Crippen LogP contribution >= 0.6 is 0 Å². The lowest BCUT2D eigenvalue weighted by Crippen LogP contribution is -1.92. The molecule has 3 aromatic carbocycles. The van der Waals surface area contributed by atoms with E-state index in [0.717, 1.165) is 35.2 Å². The lowest BCUT2D eigenvalue weighted by molar-refractivity contribution is 0.594. The van der Waals surface area contributed by atoms with Crippen molar-refractivity contribution in [2.75, 3.05) is 0 Å². The molecule has 162 valence electrons. The molecule has 0 atom stereocenters. The third kappa shape index (κ3) is 7.11. The van der Waals surface area contributed by atoms with Crippen LogP contribution in [0.1, 0.15) is 72.4 Å². The van der Waals surface area contributed by atoms with E-state index >= 15 is 0 Å². The van der Waals surface area contributed by atoms with E-state index in [4.69, 9.17) is 0 Å². The van der Waals surface area contributed by atoms with E-state index in [-0.39, 0.29) is 11.1 Å². The maximum atomic E-state index is 14.5. The number of halogens is 2. The molecule has 0 aliphatic carbocycles. The summed E-state index contributed by atoms with van der Waals surface area (Å²) < 4.78 is 28.9. The fourth-order valence-electron chi connectivity index (χ4n) is 3.34. The van der Waals surface area contributed by atoms with Crippen molar-refractivity contribution in [1.29, 1.82) is 0 Å². The van der Waals surface area contributed by atoms with E-state index in [9.17, 15) is 8.78 Å². The lowest BCUT2D eigenvalue weighted by atomic mass is 10.0. The Hall–Kier alpha value is -3.36.